The Kier molecular flexibility index (Phi) is 6.23. The number of methoxy groups -OCH3 is 3. The van der Waals surface area contributed by atoms with Crippen LogP contribution in [0.25, 0.3) is 0 Å². The predicted molar refractivity (Wildman–Crippen MR) is 108 cm³/mol. The molecule has 2 aromatic rings. The quantitative estimate of drug-likeness (QED) is 0.817. The topological polar surface area (TPSA) is 72.9 Å². The van der Waals surface area contributed by atoms with E-state index in [1.165, 1.54) is 0 Å². The van der Waals surface area contributed by atoms with Crippen molar-refractivity contribution in [2.45, 2.75) is 19.8 Å². The van der Waals surface area contributed by atoms with Crippen molar-refractivity contribution in [2.24, 2.45) is 5.92 Å². The summed E-state index contributed by atoms with van der Waals surface area (Å²) in [6.07, 6.45) is 3.75. The molecule has 150 valence electrons. The van der Waals surface area contributed by atoms with E-state index in [1.54, 1.807) is 33.6 Å². The number of aromatic nitrogens is 1. The van der Waals surface area contributed by atoms with Gasteiger partial charge in [0, 0.05) is 30.9 Å². The second kappa shape index (κ2) is 8.82. The van der Waals surface area contributed by atoms with Gasteiger partial charge in [0.2, 0.25) is 5.75 Å². The number of nitrogens with one attached hydrogen (secondary N) is 1. The Hall–Kier alpha value is -2.96. The third-order valence-electron chi connectivity index (χ3n) is 5.01. The lowest BCUT2D eigenvalue weighted by Crippen LogP contribution is -2.38. The van der Waals surface area contributed by atoms with Gasteiger partial charge in [0.1, 0.15) is 5.69 Å². The van der Waals surface area contributed by atoms with Crippen LogP contribution in [0.3, 0.4) is 0 Å². The molecule has 1 fully saturated rings. The first kappa shape index (κ1) is 19.8. The summed E-state index contributed by atoms with van der Waals surface area (Å²) in [7, 11) is 4.71. The fourth-order valence-corrected chi connectivity index (χ4v) is 3.29. The number of hydrogen-bond acceptors (Lipinski definition) is 6. The third kappa shape index (κ3) is 4.30. The van der Waals surface area contributed by atoms with E-state index in [2.05, 4.69) is 17.2 Å². The van der Waals surface area contributed by atoms with Crippen molar-refractivity contribution in [1.82, 2.24) is 9.88 Å². The van der Waals surface area contributed by atoms with E-state index in [0.29, 0.717) is 28.9 Å². The van der Waals surface area contributed by atoms with Crippen molar-refractivity contribution < 1.29 is 19.0 Å². The Balaban J connectivity index is 1.73. The highest BCUT2D eigenvalue weighted by atomic mass is 16.5. The zero-order valence-electron chi connectivity index (χ0n) is 16.8. The molecule has 0 spiro atoms. The maximum absolute atomic E-state index is 12.6. The molecule has 0 saturated carbocycles. The summed E-state index contributed by atoms with van der Waals surface area (Å²) in [5.74, 6) is 2.32. The molecule has 1 aliphatic heterocycles. The molecule has 1 aromatic heterocycles. The SMILES string of the molecule is COc1cc(Nc2ccc(C(=O)N3CCC(C)CC3)nc2)cc(OC)c1OC. The van der Waals surface area contributed by atoms with Gasteiger partial charge in [-0.3, -0.25) is 4.79 Å². The van der Waals surface area contributed by atoms with Crippen LogP contribution in [-0.4, -0.2) is 50.2 Å². The van der Waals surface area contributed by atoms with Gasteiger partial charge in [-0.2, -0.15) is 0 Å². The van der Waals surface area contributed by atoms with Gasteiger partial charge in [-0.1, -0.05) is 6.92 Å². The number of ether oxygens (including phenoxy) is 3. The second-order valence-corrected chi connectivity index (χ2v) is 6.95. The van der Waals surface area contributed by atoms with Crippen LogP contribution in [0.5, 0.6) is 17.2 Å². The van der Waals surface area contributed by atoms with Crippen molar-refractivity contribution in [3.8, 4) is 17.2 Å². The highest BCUT2D eigenvalue weighted by Crippen LogP contribution is 2.40. The minimum atomic E-state index is -0.00811. The van der Waals surface area contributed by atoms with Gasteiger partial charge >= 0.3 is 0 Å². The number of carbonyl (C=O) groups excluding carboxylic acids is 1. The van der Waals surface area contributed by atoms with Crippen LogP contribution in [0, 0.1) is 5.92 Å². The molecule has 28 heavy (non-hydrogen) atoms. The summed E-state index contributed by atoms with van der Waals surface area (Å²) in [5, 5.41) is 3.25. The van der Waals surface area contributed by atoms with Crippen molar-refractivity contribution in [1.29, 1.82) is 0 Å². The molecule has 1 saturated heterocycles. The Morgan fingerprint density at radius 2 is 1.68 bits per heavy atom. The summed E-state index contributed by atoms with van der Waals surface area (Å²) in [6, 6.07) is 7.22. The van der Waals surface area contributed by atoms with Crippen molar-refractivity contribution >= 4 is 17.3 Å². The molecule has 0 atom stereocenters. The molecule has 0 bridgehead atoms. The van der Waals surface area contributed by atoms with E-state index in [1.807, 2.05) is 23.1 Å². The van der Waals surface area contributed by atoms with Crippen molar-refractivity contribution in [2.75, 3.05) is 39.7 Å². The lowest BCUT2D eigenvalue weighted by Gasteiger charge is -2.30. The molecule has 7 nitrogen and oxygen atoms in total. The molecule has 0 aliphatic carbocycles. The second-order valence-electron chi connectivity index (χ2n) is 6.95. The van der Waals surface area contributed by atoms with Gasteiger partial charge < -0.3 is 24.4 Å². The number of benzene rings is 1. The number of nitrogens with zero attached hydrogens (tertiary/aromatic N) is 2. The van der Waals surface area contributed by atoms with Crippen molar-refractivity contribution in [3.63, 3.8) is 0 Å². The monoisotopic (exact) mass is 385 g/mol. The smallest absolute Gasteiger partial charge is 0.272 e. The fraction of sp³-hybridized carbons (Fsp3) is 0.429. The van der Waals surface area contributed by atoms with Gasteiger partial charge in [0.15, 0.2) is 11.5 Å². The molecule has 1 aromatic carbocycles. The van der Waals surface area contributed by atoms with E-state index < -0.39 is 0 Å². The van der Waals surface area contributed by atoms with E-state index in [0.717, 1.165) is 37.3 Å². The zero-order chi connectivity index (χ0) is 20.1. The van der Waals surface area contributed by atoms with Crippen LogP contribution in [0.15, 0.2) is 30.5 Å². The van der Waals surface area contributed by atoms with E-state index in [9.17, 15) is 4.79 Å². The van der Waals surface area contributed by atoms with Crippen LogP contribution < -0.4 is 19.5 Å². The molecule has 1 amide bonds. The Labute approximate surface area is 165 Å². The molecule has 1 aliphatic rings. The largest absolute Gasteiger partial charge is 0.493 e. The minimum absolute atomic E-state index is 0.00811. The van der Waals surface area contributed by atoms with Crippen LogP contribution in [0.1, 0.15) is 30.3 Å². The van der Waals surface area contributed by atoms with Crippen LogP contribution in [-0.2, 0) is 0 Å². The summed E-state index contributed by atoms with van der Waals surface area (Å²) in [4.78, 5) is 18.8. The normalized spacial score (nSPS) is 14.5. The molecule has 1 N–H and O–H groups in total. The number of amides is 1. The highest BCUT2D eigenvalue weighted by molar-refractivity contribution is 5.92. The van der Waals surface area contributed by atoms with Crippen LogP contribution in [0.2, 0.25) is 0 Å². The fourth-order valence-electron chi connectivity index (χ4n) is 3.29. The van der Waals surface area contributed by atoms with E-state index >= 15 is 0 Å². The van der Waals surface area contributed by atoms with Gasteiger partial charge in [-0.15, -0.1) is 0 Å². The van der Waals surface area contributed by atoms with Crippen molar-refractivity contribution in [3.05, 3.63) is 36.2 Å². The first-order valence-corrected chi connectivity index (χ1v) is 9.38. The number of piperidine rings is 1. The lowest BCUT2D eigenvalue weighted by molar-refractivity contribution is 0.0691. The zero-order valence-corrected chi connectivity index (χ0v) is 16.8. The molecular weight excluding hydrogens is 358 g/mol. The first-order chi connectivity index (χ1) is 13.5. The van der Waals surface area contributed by atoms with E-state index in [4.69, 9.17) is 14.2 Å². The molecule has 2 heterocycles. The Bertz CT molecular complexity index is 790. The first-order valence-electron chi connectivity index (χ1n) is 9.38. The lowest BCUT2D eigenvalue weighted by atomic mass is 9.99. The van der Waals surface area contributed by atoms with Gasteiger partial charge in [-0.25, -0.2) is 4.98 Å². The molecule has 7 heteroatoms. The summed E-state index contributed by atoms with van der Waals surface area (Å²) >= 11 is 0. The summed E-state index contributed by atoms with van der Waals surface area (Å²) in [6.45, 7) is 3.82. The average molecular weight is 385 g/mol. The summed E-state index contributed by atoms with van der Waals surface area (Å²) < 4.78 is 16.1. The maximum Gasteiger partial charge on any atom is 0.272 e. The molecule has 3 rings (SSSR count). The minimum Gasteiger partial charge on any atom is -0.493 e. The van der Waals surface area contributed by atoms with Gasteiger partial charge in [0.25, 0.3) is 5.91 Å². The van der Waals surface area contributed by atoms with Crippen LogP contribution in [0.4, 0.5) is 11.4 Å². The maximum atomic E-state index is 12.6. The molecular formula is C21H27N3O4. The number of pyridine rings is 1. The number of rotatable bonds is 6. The Morgan fingerprint density at radius 3 is 2.18 bits per heavy atom. The summed E-state index contributed by atoms with van der Waals surface area (Å²) in [5.41, 5.74) is 1.99. The number of anilines is 2. The average Bonchev–Trinajstić information content (AvgIpc) is 2.73. The Morgan fingerprint density at radius 1 is 1.04 bits per heavy atom. The standard InChI is InChI=1S/C21H27N3O4/c1-14-7-9-24(10-8-14)21(25)17-6-5-15(13-22-17)23-16-11-18(26-2)20(28-4)19(12-16)27-3/h5-6,11-14,23H,7-10H2,1-4H3. The number of likely N-dealkylation sites (tertiary alicyclic amines) is 1. The highest BCUT2D eigenvalue weighted by Gasteiger charge is 2.22. The molecule has 0 unspecified atom stereocenters. The predicted octanol–water partition coefficient (Wildman–Crippen LogP) is 3.72. The van der Waals surface area contributed by atoms with E-state index in [-0.39, 0.29) is 5.91 Å². The number of carbonyl (C=O) groups is 1. The van der Waals surface area contributed by atoms with Gasteiger partial charge in [-0.05, 0) is 30.9 Å². The third-order valence-corrected chi connectivity index (χ3v) is 5.01. The number of hydrogen-bond donors (Lipinski definition) is 1. The molecule has 0 radical (unpaired) electrons. The van der Waals surface area contributed by atoms with Gasteiger partial charge in [0.05, 0.1) is 33.2 Å². The van der Waals surface area contributed by atoms with Crippen LogP contribution >= 0.6 is 0 Å².